The van der Waals surface area contributed by atoms with Crippen LogP contribution in [-0.4, -0.2) is 8.42 Å². The van der Waals surface area contributed by atoms with Crippen molar-refractivity contribution in [2.24, 2.45) is 0 Å². The van der Waals surface area contributed by atoms with Gasteiger partial charge in [0.05, 0.1) is 15.2 Å². The van der Waals surface area contributed by atoms with Crippen molar-refractivity contribution in [3.63, 3.8) is 0 Å². The number of benzene rings is 1. The van der Waals surface area contributed by atoms with Crippen LogP contribution in [0.15, 0.2) is 42.8 Å². The van der Waals surface area contributed by atoms with E-state index in [1.807, 2.05) is 0 Å². The highest BCUT2D eigenvalue weighted by molar-refractivity contribution is 9.11. The standard InChI is InChI=1S/C10H6Br2ClNO2S2/c11-6-4-5-17-10(6)18(15,16)14-8-3-1-2-7(13)9(8)12/h1-5,14H. The molecule has 3 nitrogen and oxygen atoms in total. The van der Waals surface area contributed by atoms with Crippen LogP contribution < -0.4 is 4.72 Å². The Morgan fingerprint density at radius 1 is 1.22 bits per heavy atom. The van der Waals surface area contributed by atoms with Crippen molar-refractivity contribution in [3.8, 4) is 0 Å². The van der Waals surface area contributed by atoms with Crippen LogP contribution in [-0.2, 0) is 10.0 Å². The first-order chi connectivity index (χ1) is 8.42. The zero-order valence-corrected chi connectivity index (χ0v) is 14.2. The van der Waals surface area contributed by atoms with Crippen LogP contribution in [0.25, 0.3) is 0 Å². The van der Waals surface area contributed by atoms with Crippen LogP contribution in [0.5, 0.6) is 0 Å². The minimum Gasteiger partial charge on any atom is -0.278 e. The zero-order chi connectivity index (χ0) is 13.3. The van der Waals surface area contributed by atoms with Gasteiger partial charge in [0.15, 0.2) is 4.21 Å². The summed E-state index contributed by atoms with van der Waals surface area (Å²) in [6.07, 6.45) is 0. The van der Waals surface area contributed by atoms with Crippen LogP contribution >= 0.6 is 54.8 Å². The Kier molecular flexibility index (Phi) is 4.38. The molecule has 1 aromatic carbocycles. The van der Waals surface area contributed by atoms with Gasteiger partial charge >= 0.3 is 0 Å². The summed E-state index contributed by atoms with van der Waals surface area (Å²) in [5.41, 5.74) is 0.405. The largest absolute Gasteiger partial charge is 0.278 e. The monoisotopic (exact) mass is 429 g/mol. The Balaban J connectivity index is 2.40. The maximum atomic E-state index is 12.2. The van der Waals surface area contributed by atoms with E-state index < -0.39 is 10.0 Å². The highest BCUT2D eigenvalue weighted by atomic mass is 79.9. The van der Waals surface area contributed by atoms with Crippen molar-refractivity contribution < 1.29 is 8.42 Å². The van der Waals surface area contributed by atoms with Crippen molar-refractivity contribution >= 4 is 70.5 Å². The van der Waals surface area contributed by atoms with Gasteiger partial charge in [0.25, 0.3) is 10.0 Å². The second kappa shape index (κ2) is 5.50. The SMILES string of the molecule is O=S(=O)(Nc1cccc(Cl)c1Br)c1sccc1Br. The van der Waals surface area contributed by atoms with Crippen molar-refractivity contribution in [3.05, 3.63) is 43.6 Å². The van der Waals surface area contributed by atoms with E-state index in [-0.39, 0.29) is 4.21 Å². The maximum Gasteiger partial charge on any atom is 0.272 e. The van der Waals surface area contributed by atoms with Gasteiger partial charge < -0.3 is 0 Å². The molecule has 18 heavy (non-hydrogen) atoms. The second-order valence-electron chi connectivity index (χ2n) is 3.26. The Morgan fingerprint density at radius 3 is 2.56 bits per heavy atom. The van der Waals surface area contributed by atoms with Crippen molar-refractivity contribution in [1.29, 1.82) is 0 Å². The predicted molar refractivity (Wildman–Crippen MR) is 82.0 cm³/mol. The van der Waals surface area contributed by atoms with Gasteiger partial charge in [0.2, 0.25) is 0 Å². The van der Waals surface area contributed by atoms with E-state index in [9.17, 15) is 8.42 Å². The van der Waals surface area contributed by atoms with Crippen molar-refractivity contribution in [2.45, 2.75) is 4.21 Å². The molecule has 1 heterocycles. The molecule has 0 atom stereocenters. The lowest BCUT2D eigenvalue weighted by Gasteiger charge is -2.09. The van der Waals surface area contributed by atoms with Gasteiger partial charge in [-0.2, -0.15) is 0 Å². The average molecular weight is 432 g/mol. The molecule has 2 rings (SSSR count). The zero-order valence-electron chi connectivity index (χ0n) is 8.65. The molecule has 0 aliphatic carbocycles. The normalized spacial score (nSPS) is 11.5. The molecule has 0 fully saturated rings. The summed E-state index contributed by atoms with van der Waals surface area (Å²) in [5, 5.41) is 2.14. The number of anilines is 1. The minimum absolute atomic E-state index is 0.231. The lowest BCUT2D eigenvalue weighted by Crippen LogP contribution is -2.12. The molecule has 0 aliphatic heterocycles. The molecule has 1 N–H and O–H groups in total. The second-order valence-corrected chi connectivity index (χ2v) is 8.11. The van der Waals surface area contributed by atoms with E-state index in [1.165, 1.54) is 0 Å². The third kappa shape index (κ3) is 2.91. The highest BCUT2D eigenvalue weighted by Gasteiger charge is 2.20. The fraction of sp³-hybridized carbons (Fsp3) is 0. The summed E-state index contributed by atoms with van der Waals surface area (Å²) in [6, 6.07) is 6.67. The van der Waals surface area contributed by atoms with Gasteiger partial charge in [-0.25, -0.2) is 8.42 Å². The number of halogens is 3. The van der Waals surface area contributed by atoms with E-state index in [2.05, 4.69) is 36.6 Å². The highest BCUT2D eigenvalue weighted by Crippen LogP contribution is 2.34. The minimum atomic E-state index is -3.61. The number of hydrogen-bond donors (Lipinski definition) is 1. The average Bonchev–Trinajstić information content (AvgIpc) is 2.72. The van der Waals surface area contributed by atoms with E-state index in [1.54, 1.807) is 29.6 Å². The molecule has 0 unspecified atom stereocenters. The Bertz CT molecular complexity index is 685. The number of rotatable bonds is 3. The third-order valence-corrected chi connectivity index (χ3v) is 7.46. The van der Waals surface area contributed by atoms with E-state index in [0.717, 1.165) is 11.3 Å². The van der Waals surface area contributed by atoms with Crippen LogP contribution in [0.2, 0.25) is 5.02 Å². The van der Waals surface area contributed by atoms with Gasteiger partial charge in [0.1, 0.15) is 0 Å². The fourth-order valence-electron chi connectivity index (χ4n) is 1.25. The molecule has 1 aromatic heterocycles. The number of sulfonamides is 1. The Labute approximate surface area is 130 Å². The van der Waals surface area contributed by atoms with Gasteiger partial charge in [0, 0.05) is 4.47 Å². The van der Waals surface area contributed by atoms with Crippen LogP contribution in [0, 0.1) is 0 Å². The van der Waals surface area contributed by atoms with Crippen LogP contribution in [0.1, 0.15) is 0 Å². The molecule has 0 bridgehead atoms. The van der Waals surface area contributed by atoms with E-state index in [0.29, 0.717) is 19.7 Å². The maximum absolute atomic E-state index is 12.2. The fourth-order valence-corrected chi connectivity index (χ4v) is 5.33. The summed E-state index contributed by atoms with van der Waals surface area (Å²) in [7, 11) is -3.61. The van der Waals surface area contributed by atoms with Crippen molar-refractivity contribution in [2.75, 3.05) is 4.72 Å². The molecule has 0 saturated heterocycles. The molecule has 0 aliphatic rings. The van der Waals surface area contributed by atoms with Crippen LogP contribution in [0.4, 0.5) is 5.69 Å². The summed E-state index contributed by atoms with van der Waals surface area (Å²) >= 11 is 13.5. The third-order valence-electron chi connectivity index (χ3n) is 2.02. The van der Waals surface area contributed by atoms with Crippen LogP contribution in [0.3, 0.4) is 0 Å². The summed E-state index contributed by atoms with van der Waals surface area (Å²) in [5.74, 6) is 0. The number of nitrogens with one attached hydrogen (secondary N) is 1. The molecule has 0 spiro atoms. The Morgan fingerprint density at radius 2 is 1.94 bits per heavy atom. The quantitative estimate of drug-likeness (QED) is 0.764. The van der Waals surface area contributed by atoms with Gasteiger partial charge in [-0.3, -0.25) is 4.72 Å². The first-order valence-corrected chi connectivity index (χ1v) is 8.94. The van der Waals surface area contributed by atoms with Crippen molar-refractivity contribution in [1.82, 2.24) is 0 Å². The lowest BCUT2D eigenvalue weighted by atomic mass is 10.3. The number of hydrogen-bond acceptors (Lipinski definition) is 3. The smallest absolute Gasteiger partial charge is 0.272 e. The molecule has 0 saturated carbocycles. The first-order valence-electron chi connectivity index (χ1n) is 4.61. The molecular weight excluding hydrogens is 426 g/mol. The van der Waals surface area contributed by atoms with Gasteiger partial charge in [-0.1, -0.05) is 17.7 Å². The summed E-state index contributed by atoms with van der Waals surface area (Å²) < 4.78 is 28.1. The molecule has 96 valence electrons. The molecule has 0 radical (unpaired) electrons. The first kappa shape index (κ1) is 14.3. The molecule has 8 heteroatoms. The molecule has 0 amide bonds. The molecular formula is C10H6Br2ClNO2S2. The topological polar surface area (TPSA) is 46.2 Å². The predicted octanol–water partition coefficient (Wildman–Crippen LogP) is 4.73. The Hall–Kier alpha value is -0.0800. The molecule has 2 aromatic rings. The lowest BCUT2D eigenvalue weighted by molar-refractivity contribution is 0.603. The van der Waals surface area contributed by atoms with Gasteiger partial charge in [-0.15, -0.1) is 11.3 Å². The number of thiophene rings is 1. The van der Waals surface area contributed by atoms with E-state index in [4.69, 9.17) is 11.6 Å². The van der Waals surface area contributed by atoms with E-state index >= 15 is 0 Å². The summed E-state index contributed by atoms with van der Waals surface area (Å²) in [6.45, 7) is 0. The van der Waals surface area contributed by atoms with Gasteiger partial charge in [-0.05, 0) is 55.4 Å². The summed E-state index contributed by atoms with van der Waals surface area (Å²) in [4.78, 5) is 0.